The van der Waals surface area contributed by atoms with E-state index in [9.17, 15) is 5.11 Å². The van der Waals surface area contributed by atoms with Gasteiger partial charge >= 0.3 is 0 Å². The largest absolute Gasteiger partial charge is 0.513 e. The number of nitrogens with two attached hydrogens (primary N) is 1. The van der Waals surface area contributed by atoms with Crippen LogP contribution in [0.2, 0.25) is 0 Å². The molecule has 2 nitrogen and oxygen atoms in total. The number of aliphatic hydroxyl groups excluding tert-OH is 1. The van der Waals surface area contributed by atoms with Gasteiger partial charge in [-0.1, -0.05) is 54.6 Å². The first kappa shape index (κ1) is 13.9. The van der Waals surface area contributed by atoms with Gasteiger partial charge in [0.1, 0.15) is 0 Å². The number of rotatable bonds is 3. The average Bonchev–Trinajstić information content (AvgIpc) is 2.44. The van der Waals surface area contributed by atoms with Crippen LogP contribution in [0.4, 0.5) is 5.69 Å². The fourth-order valence-corrected chi connectivity index (χ4v) is 2.22. The van der Waals surface area contributed by atoms with Crippen LogP contribution in [0.15, 0.2) is 54.3 Å². The van der Waals surface area contributed by atoms with Crippen molar-refractivity contribution in [2.45, 2.75) is 13.8 Å². The molecule has 0 aliphatic carbocycles. The maximum atomic E-state index is 9.57. The molecule has 2 heteroatoms. The molecule has 102 valence electrons. The Balaban J connectivity index is 2.66. The summed E-state index contributed by atoms with van der Waals surface area (Å²) < 4.78 is 0. The van der Waals surface area contributed by atoms with Gasteiger partial charge in [-0.3, -0.25) is 0 Å². The van der Waals surface area contributed by atoms with E-state index in [1.807, 2.05) is 61.5 Å². The second kappa shape index (κ2) is 6.11. The van der Waals surface area contributed by atoms with E-state index in [1.165, 1.54) is 0 Å². The van der Waals surface area contributed by atoms with Crippen LogP contribution >= 0.6 is 0 Å². The molecule has 0 bridgehead atoms. The lowest BCUT2D eigenvalue weighted by molar-refractivity contribution is 0.420. The molecule has 0 aliphatic rings. The quantitative estimate of drug-likeness (QED) is 0.613. The minimum Gasteiger partial charge on any atom is -0.513 e. The molecule has 0 aliphatic heterocycles. The van der Waals surface area contributed by atoms with E-state index in [0.717, 1.165) is 22.3 Å². The van der Waals surface area contributed by atoms with E-state index >= 15 is 0 Å². The Kier molecular flexibility index (Phi) is 4.26. The van der Waals surface area contributed by atoms with Crippen molar-refractivity contribution in [2.75, 3.05) is 5.73 Å². The summed E-state index contributed by atoms with van der Waals surface area (Å²) >= 11 is 0. The zero-order valence-corrected chi connectivity index (χ0v) is 11.8. The highest BCUT2D eigenvalue weighted by atomic mass is 16.3. The highest BCUT2D eigenvalue weighted by molar-refractivity contribution is 5.87. The van der Waals surface area contributed by atoms with E-state index < -0.39 is 0 Å². The summed E-state index contributed by atoms with van der Waals surface area (Å²) in [5.74, 6) is 0.243. The minimum absolute atomic E-state index is 0.243. The fraction of sp³-hybridized carbons (Fsp3) is 0.111. The zero-order chi connectivity index (χ0) is 14.5. The normalized spacial score (nSPS) is 12.0. The van der Waals surface area contributed by atoms with Crippen LogP contribution in [0.25, 0.3) is 23.3 Å². The number of hydrogen-bond acceptors (Lipinski definition) is 2. The van der Waals surface area contributed by atoms with Crippen molar-refractivity contribution < 1.29 is 5.11 Å². The summed E-state index contributed by atoms with van der Waals surface area (Å²) in [4.78, 5) is 0. The highest BCUT2D eigenvalue weighted by Gasteiger charge is 2.09. The predicted octanol–water partition coefficient (Wildman–Crippen LogP) is 4.89. The summed E-state index contributed by atoms with van der Waals surface area (Å²) in [6, 6.07) is 14.0. The van der Waals surface area contributed by atoms with Gasteiger partial charge in [-0.2, -0.15) is 0 Å². The van der Waals surface area contributed by atoms with E-state index in [4.69, 9.17) is 5.73 Å². The molecule has 2 aromatic carbocycles. The molecular formula is C18H19NO. The second-order valence-corrected chi connectivity index (χ2v) is 4.68. The second-order valence-electron chi connectivity index (χ2n) is 4.68. The Morgan fingerprint density at radius 3 is 2.40 bits per heavy atom. The third kappa shape index (κ3) is 2.91. The highest BCUT2D eigenvalue weighted by Crippen LogP contribution is 2.32. The molecule has 0 aromatic heterocycles. The molecule has 0 spiro atoms. The first-order valence-corrected chi connectivity index (χ1v) is 6.61. The van der Waals surface area contributed by atoms with E-state index in [2.05, 4.69) is 0 Å². The lowest BCUT2D eigenvalue weighted by atomic mass is 9.95. The lowest BCUT2D eigenvalue weighted by Gasteiger charge is -2.12. The van der Waals surface area contributed by atoms with Gasteiger partial charge in [-0.05, 0) is 31.1 Å². The molecule has 20 heavy (non-hydrogen) atoms. The monoisotopic (exact) mass is 265 g/mol. The number of benzene rings is 2. The Labute approximate surface area is 119 Å². The topological polar surface area (TPSA) is 46.2 Å². The van der Waals surface area contributed by atoms with Crippen molar-refractivity contribution in [3.63, 3.8) is 0 Å². The molecule has 0 saturated heterocycles. The minimum atomic E-state index is 0.243. The van der Waals surface area contributed by atoms with E-state index in [1.54, 1.807) is 13.0 Å². The van der Waals surface area contributed by atoms with E-state index in [0.29, 0.717) is 5.69 Å². The van der Waals surface area contributed by atoms with Crippen LogP contribution in [0.5, 0.6) is 0 Å². The van der Waals surface area contributed by atoms with Crippen molar-refractivity contribution in [1.29, 1.82) is 0 Å². The summed E-state index contributed by atoms with van der Waals surface area (Å²) in [7, 11) is 0. The van der Waals surface area contributed by atoms with Gasteiger partial charge in [0, 0.05) is 16.8 Å². The molecule has 0 radical (unpaired) electrons. The van der Waals surface area contributed by atoms with Crippen molar-refractivity contribution >= 4 is 17.8 Å². The van der Waals surface area contributed by atoms with Gasteiger partial charge in [0.2, 0.25) is 0 Å². The van der Waals surface area contributed by atoms with Gasteiger partial charge in [-0.25, -0.2) is 0 Å². The van der Waals surface area contributed by atoms with Crippen molar-refractivity contribution in [2.24, 2.45) is 0 Å². The van der Waals surface area contributed by atoms with Crippen LogP contribution < -0.4 is 5.73 Å². The fourth-order valence-electron chi connectivity index (χ4n) is 2.22. The SMILES string of the molecule is C/C=C/c1ccc(-c2ccccc2)c(N)c1/C=C(\C)O. The Morgan fingerprint density at radius 2 is 1.80 bits per heavy atom. The van der Waals surface area contributed by atoms with E-state index in [-0.39, 0.29) is 5.76 Å². The van der Waals surface area contributed by atoms with Gasteiger partial charge in [0.25, 0.3) is 0 Å². The van der Waals surface area contributed by atoms with Gasteiger partial charge < -0.3 is 10.8 Å². The number of allylic oxidation sites excluding steroid dienone is 2. The van der Waals surface area contributed by atoms with Gasteiger partial charge in [0.15, 0.2) is 0 Å². The maximum absolute atomic E-state index is 9.57. The van der Waals surface area contributed by atoms with Crippen molar-refractivity contribution in [3.8, 4) is 11.1 Å². The molecule has 0 atom stereocenters. The number of hydrogen-bond donors (Lipinski definition) is 2. The van der Waals surface area contributed by atoms with Crippen LogP contribution in [-0.2, 0) is 0 Å². The molecule has 3 N–H and O–H groups in total. The number of nitrogen functional groups attached to an aromatic ring is 1. The van der Waals surface area contributed by atoms with Crippen LogP contribution in [0.3, 0.4) is 0 Å². The summed E-state index contributed by atoms with van der Waals surface area (Å²) in [6.45, 7) is 3.61. The summed E-state index contributed by atoms with van der Waals surface area (Å²) in [5.41, 5.74) is 10.9. The van der Waals surface area contributed by atoms with Gasteiger partial charge in [-0.15, -0.1) is 0 Å². The lowest BCUT2D eigenvalue weighted by Crippen LogP contribution is -1.97. The summed E-state index contributed by atoms with van der Waals surface area (Å²) in [5, 5.41) is 9.57. The standard InChI is InChI=1S/C18H19NO/c1-3-7-14-10-11-16(15-8-5-4-6-9-15)18(19)17(14)12-13(2)20/h3-12,20H,19H2,1-2H3/b7-3+,13-12+. The molecular weight excluding hydrogens is 246 g/mol. The van der Waals surface area contributed by atoms with Gasteiger partial charge in [0.05, 0.1) is 5.76 Å². The third-order valence-corrected chi connectivity index (χ3v) is 3.11. The summed E-state index contributed by atoms with van der Waals surface area (Å²) in [6.07, 6.45) is 5.65. The number of anilines is 1. The first-order chi connectivity index (χ1) is 9.63. The van der Waals surface area contributed by atoms with Crippen LogP contribution in [0, 0.1) is 0 Å². The Hall–Kier alpha value is -2.48. The average molecular weight is 265 g/mol. The van der Waals surface area contributed by atoms with Crippen LogP contribution in [-0.4, -0.2) is 5.11 Å². The molecule has 0 amide bonds. The third-order valence-electron chi connectivity index (χ3n) is 3.11. The molecule has 0 saturated carbocycles. The maximum Gasteiger partial charge on any atom is 0.0898 e. The zero-order valence-electron chi connectivity index (χ0n) is 11.8. The molecule has 0 fully saturated rings. The smallest absolute Gasteiger partial charge is 0.0898 e. The number of aliphatic hydroxyl groups is 1. The molecule has 2 aromatic rings. The van der Waals surface area contributed by atoms with Crippen molar-refractivity contribution in [3.05, 3.63) is 65.4 Å². The molecule has 0 unspecified atom stereocenters. The Bertz CT molecular complexity index is 651. The molecule has 0 heterocycles. The van der Waals surface area contributed by atoms with Crippen LogP contribution in [0.1, 0.15) is 25.0 Å². The first-order valence-electron chi connectivity index (χ1n) is 6.61. The molecule has 2 rings (SSSR count). The Morgan fingerprint density at radius 1 is 1.10 bits per heavy atom. The van der Waals surface area contributed by atoms with Crippen molar-refractivity contribution in [1.82, 2.24) is 0 Å². The predicted molar refractivity (Wildman–Crippen MR) is 87.3 cm³/mol.